The summed E-state index contributed by atoms with van der Waals surface area (Å²) < 4.78 is 5.10. The van der Waals surface area contributed by atoms with Crippen LogP contribution in [0.2, 0.25) is 5.02 Å². The van der Waals surface area contributed by atoms with Gasteiger partial charge in [-0.25, -0.2) is 0 Å². The monoisotopic (exact) mass is 241 g/mol. The Morgan fingerprint density at radius 1 is 1.56 bits per heavy atom. The Hall–Kier alpha value is -1.26. The minimum Gasteiger partial charge on any atom is -0.496 e. The van der Waals surface area contributed by atoms with Crippen molar-refractivity contribution < 1.29 is 14.6 Å². The molecule has 0 saturated carbocycles. The van der Waals surface area contributed by atoms with Crippen LogP contribution in [0.15, 0.2) is 18.2 Å². The van der Waals surface area contributed by atoms with Gasteiger partial charge in [0.1, 0.15) is 5.75 Å². The number of nitrogens with zero attached hydrogens (tertiary/aromatic N) is 1. The van der Waals surface area contributed by atoms with E-state index in [2.05, 4.69) is 0 Å². The zero-order valence-corrected chi connectivity index (χ0v) is 9.57. The number of rotatable bonds is 2. The number of ether oxygens (including phenoxy) is 1. The lowest BCUT2D eigenvalue weighted by molar-refractivity contribution is 0.00570. The molecule has 16 heavy (non-hydrogen) atoms. The van der Waals surface area contributed by atoms with Gasteiger partial charge in [0.05, 0.1) is 18.8 Å². The largest absolute Gasteiger partial charge is 0.496 e. The molecule has 1 saturated heterocycles. The molecule has 1 aromatic rings. The molecule has 0 radical (unpaired) electrons. The minimum atomic E-state index is -0.408. The average Bonchev–Trinajstić information content (AvgIpc) is 2.24. The third kappa shape index (κ3) is 1.99. The highest BCUT2D eigenvalue weighted by atomic mass is 35.5. The number of aliphatic hydroxyl groups is 1. The number of hydrogen-bond acceptors (Lipinski definition) is 3. The summed E-state index contributed by atoms with van der Waals surface area (Å²) >= 11 is 5.84. The molecule has 5 heteroatoms. The molecule has 2 rings (SSSR count). The summed E-state index contributed by atoms with van der Waals surface area (Å²) in [6.07, 6.45) is -0.408. The Bertz CT molecular complexity index is 416. The van der Waals surface area contributed by atoms with Gasteiger partial charge in [-0.1, -0.05) is 11.6 Å². The normalized spacial score (nSPS) is 15.8. The van der Waals surface area contributed by atoms with Crippen molar-refractivity contribution in [1.82, 2.24) is 4.90 Å². The van der Waals surface area contributed by atoms with Crippen LogP contribution < -0.4 is 4.74 Å². The van der Waals surface area contributed by atoms with E-state index in [1.807, 2.05) is 0 Å². The van der Waals surface area contributed by atoms with Crippen LogP contribution in [0.25, 0.3) is 0 Å². The maximum absolute atomic E-state index is 12.0. The second kappa shape index (κ2) is 4.31. The van der Waals surface area contributed by atoms with E-state index in [0.717, 1.165) is 0 Å². The summed E-state index contributed by atoms with van der Waals surface area (Å²) in [6.45, 7) is 0.739. The fourth-order valence-electron chi connectivity index (χ4n) is 1.64. The van der Waals surface area contributed by atoms with E-state index in [4.69, 9.17) is 21.4 Å². The molecule has 0 spiro atoms. The number of methoxy groups -OCH3 is 1. The lowest BCUT2D eigenvalue weighted by Gasteiger charge is -2.36. The molecule has 1 fully saturated rings. The first-order valence-electron chi connectivity index (χ1n) is 4.92. The third-order valence-electron chi connectivity index (χ3n) is 2.54. The van der Waals surface area contributed by atoms with Crippen LogP contribution in [0.4, 0.5) is 0 Å². The summed E-state index contributed by atoms with van der Waals surface area (Å²) in [5.74, 6) is 0.334. The van der Waals surface area contributed by atoms with E-state index in [1.165, 1.54) is 7.11 Å². The van der Waals surface area contributed by atoms with Crippen LogP contribution in [0.3, 0.4) is 0 Å². The minimum absolute atomic E-state index is 0.162. The molecule has 86 valence electrons. The lowest BCUT2D eigenvalue weighted by Crippen LogP contribution is -2.53. The Kier molecular flexibility index (Phi) is 3.03. The molecular weight excluding hydrogens is 230 g/mol. The molecule has 0 bridgehead atoms. The van der Waals surface area contributed by atoms with Gasteiger partial charge >= 0.3 is 0 Å². The van der Waals surface area contributed by atoms with E-state index < -0.39 is 6.10 Å². The highest BCUT2D eigenvalue weighted by molar-refractivity contribution is 6.31. The van der Waals surface area contributed by atoms with E-state index in [9.17, 15) is 4.79 Å². The fraction of sp³-hybridized carbons (Fsp3) is 0.364. The topological polar surface area (TPSA) is 49.8 Å². The number of aliphatic hydroxyl groups excluding tert-OH is 1. The highest BCUT2D eigenvalue weighted by Gasteiger charge is 2.30. The fourth-order valence-corrected chi connectivity index (χ4v) is 1.81. The Morgan fingerprint density at radius 3 is 2.81 bits per heavy atom. The van der Waals surface area contributed by atoms with Crippen molar-refractivity contribution in [3.63, 3.8) is 0 Å². The molecule has 4 nitrogen and oxygen atoms in total. The second-order valence-corrected chi connectivity index (χ2v) is 4.15. The number of likely N-dealkylation sites (tertiary alicyclic amines) is 1. The Morgan fingerprint density at radius 2 is 2.25 bits per heavy atom. The molecule has 0 aromatic heterocycles. The van der Waals surface area contributed by atoms with Crippen molar-refractivity contribution in [2.24, 2.45) is 0 Å². The highest BCUT2D eigenvalue weighted by Crippen LogP contribution is 2.25. The van der Waals surface area contributed by atoms with Crippen LogP contribution in [0, 0.1) is 0 Å². The summed E-state index contributed by atoms with van der Waals surface area (Å²) in [5.41, 5.74) is 0.432. The third-order valence-corrected chi connectivity index (χ3v) is 2.78. The number of benzene rings is 1. The van der Waals surface area contributed by atoms with Gasteiger partial charge in [0.25, 0.3) is 5.91 Å². The number of β-amino-alcohol motifs (C(OH)–C–C–N with tert-alkyl or cyclic N) is 1. The van der Waals surface area contributed by atoms with Gasteiger partial charge in [-0.2, -0.15) is 0 Å². The van der Waals surface area contributed by atoms with Gasteiger partial charge < -0.3 is 14.7 Å². The Labute approximate surface area is 98.4 Å². The number of halogens is 1. The summed E-state index contributed by atoms with van der Waals surface area (Å²) in [7, 11) is 1.50. The first-order chi connectivity index (χ1) is 7.61. The van der Waals surface area contributed by atoms with Crippen molar-refractivity contribution in [2.45, 2.75) is 6.10 Å². The maximum Gasteiger partial charge on any atom is 0.257 e. The molecule has 1 heterocycles. The quantitative estimate of drug-likeness (QED) is 0.846. The van der Waals surface area contributed by atoms with Gasteiger partial charge in [-0.05, 0) is 18.2 Å². The summed E-state index contributed by atoms with van der Waals surface area (Å²) in [5, 5.41) is 9.63. The van der Waals surface area contributed by atoms with Crippen molar-refractivity contribution >= 4 is 17.5 Å². The predicted molar refractivity (Wildman–Crippen MR) is 59.9 cm³/mol. The molecule has 0 unspecified atom stereocenters. The van der Waals surface area contributed by atoms with Gasteiger partial charge in [0, 0.05) is 18.1 Å². The molecule has 0 aliphatic carbocycles. The standard InChI is InChI=1S/C11H12ClNO3/c1-16-10-3-2-7(12)4-9(10)11(15)13-5-8(14)6-13/h2-4,8,14H,5-6H2,1H3. The van der Waals surface area contributed by atoms with Crippen LogP contribution in [-0.4, -0.2) is 42.2 Å². The van der Waals surface area contributed by atoms with Crippen LogP contribution in [0.1, 0.15) is 10.4 Å². The Balaban J connectivity index is 2.24. The number of carbonyl (C=O) groups is 1. The average molecular weight is 242 g/mol. The smallest absolute Gasteiger partial charge is 0.257 e. The van der Waals surface area contributed by atoms with Gasteiger partial charge in [0.2, 0.25) is 0 Å². The summed E-state index contributed by atoms with van der Waals surface area (Å²) in [4.78, 5) is 13.5. The van der Waals surface area contributed by atoms with Gasteiger partial charge in [-0.15, -0.1) is 0 Å². The van der Waals surface area contributed by atoms with Crippen LogP contribution >= 0.6 is 11.6 Å². The molecule has 0 atom stereocenters. The van der Waals surface area contributed by atoms with Crippen molar-refractivity contribution in [3.05, 3.63) is 28.8 Å². The number of hydrogen-bond donors (Lipinski definition) is 1. The van der Waals surface area contributed by atoms with E-state index in [1.54, 1.807) is 23.1 Å². The molecule has 1 aliphatic rings. The summed E-state index contributed by atoms with van der Waals surface area (Å²) in [6, 6.07) is 4.90. The van der Waals surface area contributed by atoms with Crippen LogP contribution in [0.5, 0.6) is 5.75 Å². The zero-order valence-electron chi connectivity index (χ0n) is 8.81. The van der Waals surface area contributed by atoms with E-state index >= 15 is 0 Å². The molecule has 1 aliphatic heterocycles. The van der Waals surface area contributed by atoms with Gasteiger partial charge in [-0.3, -0.25) is 4.79 Å². The zero-order chi connectivity index (χ0) is 11.7. The second-order valence-electron chi connectivity index (χ2n) is 3.71. The van der Waals surface area contributed by atoms with E-state index in [0.29, 0.717) is 29.4 Å². The van der Waals surface area contributed by atoms with Gasteiger partial charge in [0.15, 0.2) is 0 Å². The van der Waals surface area contributed by atoms with E-state index in [-0.39, 0.29) is 5.91 Å². The number of carbonyl (C=O) groups excluding carboxylic acids is 1. The lowest BCUT2D eigenvalue weighted by atomic mass is 10.1. The SMILES string of the molecule is COc1ccc(Cl)cc1C(=O)N1CC(O)C1. The molecular formula is C11H12ClNO3. The molecule has 1 N–H and O–H groups in total. The molecule has 1 amide bonds. The molecule has 1 aromatic carbocycles. The first-order valence-corrected chi connectivity index (χ1v) is 5.30. The maximum atomic E-state index is 12.0. The van der Waals surface area contributed by atoms with Crippen LogP contribution in [-0.2, 0) is 0 Å². The number of amides is 1. The van der Waals surface area contributed by atoms with Crippen molar-refractivity contribution in [2.75, 3.05) is 20.2 Å². The predicted octanol–water partition coefficient (Wildman–Crippen LogP) is 1.17. The van der Waals surface area contributed by atoms with Crippen molar-refractivity contribution in [1.29, 1.82) is 0 Å². The van der Waals surface area contributed by atoms with Crippen molar-refractivity contribution in [3.8, 4) is 5.75 Å². The first kappa shape index (κ1) is 11.2.